The zero-order chi connectivity index (χ0) is 25.0. The molecule has 0 radical (unpaired) electrons. The Morgan fingerprint density at radius 1 is 0.667 bits per heavy atom. The molecule has 1 aromatic rings. The van der Waals surface area contributed by atoms with Crippen LogP contribution in [-0.2, 0) is 0 Å². The predicted octanol–water partition coefficient (Wildman–Crippen LogP) is 10.9. The summed E-state index contributed by atoms with van der Waals surface area (Å²) in [6.07, 6.45) is 30.6. The van der Waals surface area contributed by atoms with Gasteiger partial charge in [-0.2, -0.15) is 0 Å². The molecule has 4 rings (SSSR count). The Kier molecular flexibility index (Phi) is 11.8. The van der Waals surface area contributed by atoms with E-state index in [-0.39, 0.29) is 0 Å². The Bertz CT molecular complexity index is 724. The number of hydrogen-bond donors (Lipinski definition) is 0. The summed E-state index contributed by atoms with van der Waals surface area (Å²) in [6.45, 7) is 5.37. The van der Waals surface area contributed by atoms with Crippen molar-refractivity contribution < 1.29 is 4.74 Å². The van der Waals surface area contributed by atoms with E-state index in [2.05, 4.69) is 50.3 Å². The smallest absolute Gasteiger partial charge is 0.119 e. The minimum atomic E-state index is 0.712. The molecule has 1 heteroatoms. The molecule has 0 aliphatic heterocycles. The van der Waals surface area contributed by atoms with Gasteiger partial charge in [0.15, 0.2) is 0 Å². The van der Waals surface area contributed by atoms with Crippen LogP contribution < -0.4 is 4.74 Å². The highest BCUT2D eigenvalue weighted by atomic mass is 16.5. The van der Waals surface area contributed by atoms with Crippen molar-refractivity contribution in [2.24, 2.45) is 29.6 Å². The van der Waals surface area contributed by atoms with Crippen molar-refractivity contribution in [3.05, 3.63) is 42.0 Å². The summed E-state index contributed by atoms with van der Waals surface area (Å²) in [7, 11) is 0. The van der Waals surface area contributed by atoms with Crippen LogP contribution in [0.25, 0.3) is 0 Å². The summed E-state index contributed by atoms with van der Waals surface area (Å²) < 4.78 is 6.07. The maximum Gasteiger partial charge on any atom is 0.119 e. The van der Waals surface area contributed by atoms with Gasteiger partial charge in [0.05, 0.1) is 0 Å². The van der Waals surface area contributed by atoms with Crippen molar-refractivity contribution in [2.75, 3.05) is 6.61 Å². The SMILES string of the molecule is CCCCCC1CCC(c2ccc(OCC=CC3CCC(C4CCC(CCC)CC4)CC3)cc2)CC1. The molecule has 0 spiro atoms. The highest BCUT2D eigenvalue weighted by Crippen LogP contribution is 2.42. The van der Waals surface area contributed by atoms with Crippen LogP contribution in [0.5, 0.6) is 5.75 Å². The summed E-state index contributed by atoms with van der Waals surface area (Å²) in [5.41, 5.74) is 1.53. The van der Waals surface area contributed by atoms with Gasteiger partial charge in [0.1, 0.15) is 12.4 Å². The molecule has 0 aromatic heterocycles. The highest BCUT2D eigenvalue weighted by Gasteiger charge is 2.30. The van der Waals surface area contributed by atoms with E-state index >= 15 is 0 Å². The van der Waals surface area contributed by atoms with Crippen LogP contribution in [0, 0.1) is 29.6 Å². The van der Waals surface area contributed by atoms with Gasteiger partial charge in [-0.1, -0.05) is 89.5 Å². The lowest BCUT2D eigenvalue weighted by atomic mass is 9.69. The summed E-state index contributed by atoms with van der Waals surface area (Å²) in [5.74, 6) is 6.66. The Morgan fingerprint density at radius 3 is 1.92 bits per heavy atom. The first-order valence-corrected chi connectivity index (χ1v) is 16.1. The summed E-state index contributed by atoms with van der Waals surface area (Å²) in [4.78, 5) is 0. The molecule has 0 heterocycles. The molecule has 202 valence electrons. The molecule has 1 nitrogen and oxygen atoms in total. The van der Waals surface area contributed by atoms with E-state index in [1.165, 1.54) is 121 Å². The third-order valence-corrected chi connectivity index (χ3v) is 10.2. The van der Waals surface area contributed by atoms with Crippen LogP contribution in [0.3, 0.4) is 0 Å². The molecule has 0 N–H and O–H groups in total. The van der Waals surface area contributed by atoms with E-state index in [0.29, 0.717) is 6.61 Å². The second-order valence-electron chi connectivity index (χ2n) is 12.8. The minimum absolute atomic E-state index is 0.712. The Labute approximate surface area is 223 Å². The fraction of sp³-hybridized carbons (Fsp3) is 0.771. The normalized spacial score (nSPS) is 31.5. The van der Waals surface area contributed by atoms with E-state index in [4.69, 9.17) is 4.74 Å². The van der Waals surface area contributed by atoms with Gasteiger partial charge in [-0.05, 0) is 117 Å². The van der Waals surface area contributed by atoms with Gasteiger partial charge in [-0.25, -0.2) is 0 Å². The van der Waals surface area contributed by atoms with E-state index in [1.807, 2.05) is 0 Å². The summed E-state index contributed by atoms with van der Waals surface area (Å²) in [5, 5.41) is 0. The Morgan fingerprint density at radius 2 is 1.28 bits per heavy atom. The van der Waals surface area contributed by atoms with Crippen molar-refractivity contribution in [3.8, 4) is 5.75 Å². The number of rotatable bonds is 12. The Hall–Kier alpha value is -1.24. The molecule has 0 saturated heterocycles. The quantitative estimate of drug-likeness (QED) is 0.208. The standard InChI is InChI=1S/C35H56O/c1-3-5-6-9-29-13-19-33(20-14-29)34-23-25-35(26-24-34)36-27-7-10-30-15-21-32(22-16-30)31-17-11-28(8-4-2)12-18-31/h7,10,23-26,28-33H,3-6,8-9,11-22,27H2,1-2H3. The van der Waals surface area contributed by atoms with Gasteiger partial charge in [0, 0.05) is 0 Å². The largest absolute Gasteiger partial charge is 0.490 e. The van der Waals surface area contributed by atoms with Gasteiger partial charge in [0.25, 0.3) is 0 Å². The lowest BCUT2D eigenvalue weighted by Crippen LogP contribution is -2.25. The van der Waals surface area contributed by atoms with Gasteiger partial charge in [-0.3, -0.25) is 0 Å². The molecule has 3 aliphatic carbocycles. The van der Waals surface area contributed by atoms with Gasteiger partial charge in [0.2, 0.25) is 0 Å². The van der Waals surface area contributed by atoms with Crippen LogP contribution in [-0.4, -0.2) is 6.61 Å². The molecular formula is C35H56O. The molecule has 3 aliphatic rings. The van der Waals surface area contributed by atoms with Crippen molar-refractivity contribution >= 4 is 0 Å². The zero-order valence-electron chi connectivity index (χ0n) is 23.8. The van der Waals surface area contributed by atoms with E-state index in [0.717, 1.165) is 41.3 Å². The first kappa shape index (κ1) is 27.8. The third-order valence-electron chi connectivity index (χ3n) is 10.2. The fourth-order valence-corrected chi connectivity index (χ4v) is 7.86. The molecular weight excluding hydrogens is 436 g/mol. The van der Waals surface area contributed by atoms with Gasteiger partial charge < -0.3 is 4.74 Å². The highest BCUT2D eigenvalue weighted by molar-refractivity contribution is 5.30. The number of hydrogen-bond acceptors (Lipinski definition) is 1. The van der Waals surface area contributed by atoms with Crippen LogP contribution in [0.1, 0.15) is 141 Å². The average molecular weight is 493 g/mol. The first-order chi connectivity index (χ1) is 17.7. The van der Waals surface area contributed by atoms with Crippen LogP contribution in [0.4, 0.5) is 0 Å². The van der Waals surface area contributed by atoms with E-state index in [1.54, 1.807) is 0 Å². The summed E-state index contributed by atoms with van der Waals surface area (Å²) in [6, 6.07) is 9.07. The van der Waals surface area contributed by atoms with Crippen LogP contribution >= 0.6 is 0 Å². The lowest BCUT2D eigenvalue weighted by molar-refractivity contribution is 0.152. The van der Waals surface area contributed by atoms with E-state index in [9.17, 15) is 0 Å². The molecule has 0 amide bonds. The molecule has 3 fully saturated rings. The Balaban J connectivity index is 1.10. The van der Waals surface area contributed by atoms with Crippen molar-refractivity contribution in [1.82, 2.24) is 0 Å². The second-order valence-corrected chi connectivity index (χ2v) is 12.8. The zero-order valence-corrected chi connectivity index (χ0v) is 23.8. The molecule has 0 unspecified atom stereocenters. The predicted molar refractivity (Wildman–Crippen MR) is 156 cm³/mol. The maximum absolute atomic E-state index is 6.07. The molecule has 0 atom stereocenters. The molecule has 1 aromatic carbocycles. The van der Waals surface area contributed by atoms with Gasteiger partial charge in [-0.15, -0.1) is 0 Å². The van der Waals surface area contributed by atoms with Gasteiger partial charge >= 0.3 is 0 Å². The topological polar surface area (TPSA) is 9.23 Å². The minimum Gasteiger partial charge on any atom is -0.490 e. The number of benzene rings is 1. The molecule has 0 bridgehead atoms. The third kappa shape index (κ3) is 8.66. The van der Waals surface area contributed by atoms with Crippen LogP contribution in [0.15, 0.2) is 36.4 Å². The number of unbranched alkanes of at least 4 members (excludes halogenated alkanes) is 2. The maximum atomic E-state index is 6.07. The van der Waals surface area contributed by atoms with Crippen LogP contribution in [0.2, 0.25) is 0 Å². The monoisotopic (exact) mass is 492 g/mol. The number of ether oxygens (including phenoxy) is 1. The average Bonchev–Trinajstić information content (AvgIpc) is 2.93. The van der Waals surface area contributed by atoms with Crippen molar-refractivity contribution in [1.29, 1.82) is 0 Å². The second kappa shape index (κ2) is 15.2. The summed E-state index contributed by atoms with van der Waals surface area (Å²) >= 11 is 0. The molecule has 3 saturated carbocycles. The van der Waals surface area contributed by atoms with Crippen molar-refractivity contribution in [3.63, 3.8) is 0 Å². The number of allylic oxidation sites excluding steroid dienone is 1. The first-order valence-electron chi connectivity index (χ1n) is 16.1. The van der Waals surface area contributed by atoms with E-state index < -0.39 is 0 Å². The fourth-order valence-electron chi connectivity index (χ4n) is 7.86. The molecule has 36 heavy (non-hydrogen) atoms. The lowest BCUT2D eigenvalue weighted by Gasteiger charge is -2.37. The van der Waals surface area contributed by atoms with Crippen molar-refractivity contribution in [2.45, 2.75) is 135 Å².